The number of rotatable bonds is 47. The highest BCUT2D eigenvalue weighted by atomic mass is 32.2. The van der Waals surface area contributed by atoms with Crippen LogP contribution in [0, 0.1) is 0 Å². The zero-order valence-corrected chi connectivity index (χ0v) is 50.1. The van der Waals surface area contributed by atoms with E-state index in [2.05, 4.69) is 55.4 Å². The highest BCUT2D eigenvalue weighted by molar-refractivity contribution is 7.86. The lowest BCUT2D eigenvalue weighted by Gasteiger charge is -2.28. The molecule has 0 spiro atoms. The molecule has 0 aromatic heterocycles. The summed E-state index contributed by atoms with van der Waals surface area (Å²) in [5.41, 5.74) is -1.40. The van der Waals surface area contributed by atoms with Crippen LogP contribution in [0.25, 0.3) is 0 Å². The molecule has 0 saturated carbocycles. The van der Waals surface area contributed by atoms with Crippen molar-refractivity contribution < 1.29 is 32.8 Å². The second-order valence-corrected chi connectivity index (χ2v) is 31.5. The van der Waals surface area contributed by atoms with E-state index in [9.17, 15) is 28.2 Å². The quantitative estimate of drug-likeness (QED) is 0.0390. The number of carbonyl (C=O) groups is 2. The van der Waals surface area contributed by atoms with Crippen molar-refractivity contribution in [2.75, 3.05) is 49.3 Å². The maximum absolute atomic E-state index is 10.8. The molecule has 1 rings (SSSR count). The summed E-state index contributed by atoms with van der Waals surface area (Å²) in [5.74, 6) is -3.55. The Labute approximate surface area is 437 Å². The molecule has 1 aromatic carbocycles. The molecule has 0 bridgehead atoms. The summed E-state index contributed by atoms with van der Waals surface area (Å²) < 4.78 is 30.3. The topological polar surface area (TPSA) is 135 Å². The van der Waals surface area contributed by atoms with E-state index in [0.29, 0.717) is 12.1 Å². The van der Waals surface area contributed by atoms with Gasteiger partial charge in [0.05, 0.1) is 61.2 Å². The van der Waals surface area contributed by atoms with Gasteiger partial charge in [0.1, 0.15) is 4.90 Å². The lowest BCUT2D eigenvalue weighted by molar-refractivity contribution is -0.256. The maximum Gasteiger partial charge on any atom is 0.295 e. The fourth-order valence-electron chi connectivity index (χ4n) is 9.91. The summed E-state index contributed by atoms with van der Waals surface area (Å²) in [7, 11) is -6.10. The minimum atomic E-state index is -4.85. The highest BCUT2D eigenvalue weighted by Gasteiger charge is 2.35. The number of hydrogen-bond donors (Lipinski definition) is 1. The van der Waals surface area contributed by atoms with Crippen LogP contribution in [-0.4, -0.2) is 74.2 Å². The zero-order chi connectivity index (χ0) is 52.6. The minimum Gasteiger partial charge on any atom is -0.545 e. The molecule has 0 saturated heterocycles. The van der Waals surface area contributed by atoms with Crippen molar-refractivity contribution in [3.63, 3.8) is 0 Å². The summed E-state index contributed by atoms with van der Waals surface area (Å²) >= 11 is 0. The number of carboxylic acids is 2. The van der Waals surface area contributed by atoms with Gasteiger partial charge in [-0.05, 0) is 75.8 Å². The molecule has 1 aromatic rings. The van der Waals surface area contributed by atoms with Gasteiger partial charge >= 0.3 is 0 Å². The third-order valence-electron chi connectivity index (χ3n) is 14.6. The third-order valence-corrected chi connectivity index (χ3v) is 25.6. The van der Waals surface area contributed by atoms with E-state index in [1.165, 1.54) is 218 Å². The van der Waals surface area contributed by atoms with E-state index < -0.39 is 52.6 Å². The lowest BCUT2D eigenvalue weighted by Crippen LogP contribution is -2.26. The molecule has 0 aliphatic heterocycles. The Bertz CT molecular complexity index is 1350. The van der Waals surface area contributed by atoms with Crippen LogP contribution in [0.2, 0.25) is 0 Å². The zero-order valence-electron chi connectivity index (χ0n) is 47.5. The number of benzene rings is 1. The largest absolute Gasteiger partial charge is 0.545 e. The fourth-order valence-corrected chi connectivity index (χ4v) is 21.0. The molecule has 0 aliphatic carbocycles. The standard InChI is InChI=1S/2C26H56P.C8H6O7S/c2*1-5-9-13-14-15-16-17-18-19-20-21-22-26-27(23-10-6-2,24-11-7-3)25-12-8-4;9-7(10)4-1-2-5(8(11)12)6(3-4)16(13,14)15/h2*5-26H2,1-4H3;1-3H,(H,9,10)(H,11,12)(H,13,14,15)/q2*+1;/p-2. The second-order valence-electron chi connectivity index (χ2n) is 21.1. The number of unbranched alkanes of at least 4 members (excludes halogenated alkanes) is 28. The normalized spacial score (nSPS) is 11.8. The van der Waals surface area contributed by atoms with Gasteiger partial charge in [0.25, 0.3) is 10.1 Å². The van der Waals surface area contributed by atoms with E-state index in [1.807, 2.05) is 0 Å². The van der Waals surface area contributed by atoms with E-state index >= 15 is 0 Å². The van der Waals surface area contributed by atoms with Crippen LogP contribution < -0.4 is 10.2 Å². The van der Waals surface area contributed by atoms with Gasteiger partial charge in [-0.2, -0.15) is 8.42 Å². The van der Waals surface area contributed by atoms with Crippen LogP contribution in [-0.2, 0) is 10.1 Å². The highest BCUT2D eigenvalue weighted by Crippen LogP contribution is 2.62. The average Bonchev–Trinajstić information content (AvgIpc) is 3.35. The smallest absolute Gasteiger partial charge is 0.295 e. The summed E-state index contributed by atoms with van der Waals surface area (Å²) in [6.45, 7) is 18.9. The van der Waals surface area contributed by atoms with Crippen molar-refractivity contribution in [2.24, 2.45) is 0 Å². The predicted octanol–water partition coefficient (Wildman–Crippen LogP) is 17.9. The van der Waals surface area contributed by atoms with Gasteiger partial charge in [0, 0.05) is 20.1 Å². The first kappa shape index (κ1) is 71.0. The summed E-state index contributed by atoms with van der Waals surface area (Å²) in [6, 6.07) is 2.01. The monoisotopic (exact) mass is 1040 g/mol. The van der Waals surface area contributed by atoms with Crippen LogP contribution in [0.15, 0.2) is 23.1 Å². The molecule has 1 N–H and O–H groups in total. The van der Waals surface area contributed by atoms with E-state index in [-0.39, 0.29) is 0 Å². The molecule has 0 amide bonds. The molecule has 7 nitrogen and oxygen atoms in total. The van der Waals surface area contributed by atoms with Crippen molar-refractivity contribution in [1.29, 1.82) is 0 Å². The van der Waals surface area contributed by atoms with Gasteiger partial charge in [0.15, 0.2) is 0 Å². The lowest BCUT2D eigenvalue weighted by atomic mass is 10.1. The first-order chi connectivity index (χ1) is 33.7. The molecule has 414 valence electrons. The van der Waals surface area contributed by atoms with Gasteiger partial charge in [-0.1, -0.05) is 234 Å². The Morgan fingerprint density at radius 1 is 0.371 bits per heavy atom. The Kier molecular flexibility index (Phi) is 49.5. The van der Waals surface area contributed by atoms with Crippen molar-refractivity contribution in [2.45, 2.75) is 291 Å². The molecule has 10 heteroatoms. The number of carbonyl (C=O) groups excluding carboxylic acids is 2. The van der Waals surface area contributed by atoms with Gasteiger partial charge in [-0.3, -0.25) is 4.55 Å². The Morgan fingerprint density at radius 3 is 0.814 bits per heavy atom. The van der Waals surface area contributed by atoms with Crippen molar-refractivity contribution in [3.05, 3.63) is 29.3 Å². The van der Waals surface area contributed by atoms with Gasteiger partial charge in [0.2, 0.25) is 0 Å². The van der Waals surface area contributed by atoms with E-state index in [1.54, 1.807) is 62.1 Å². The van der Waals surface area contributed by atoms with Crippen molar-refractivity contribution >= 4 is 36.6 Å². The van der Waals surface area contributed by atoms with E-state index in [4.69, 9.17) is 4.55 Å². The van der Waals surface area contributed by atoms with Crippen molar-refractivity contribution in [3.8, 4) is 0 Å². The van der Waals surface area contributed by atoms with E-state index in [0.717, 1.165) is 6.07 Å². The Morgan fingerprint density at radius 2 is 0.600 bits per heavy atom. The molecular formula is C60H116O7P2S. The molecule has 0 radical (unpaired) electrons. The third kappa shape index (κ3) is 39.4. The van der Waals surface area contributed by atoms with Crippen LogP contribution in [0.5, 0.6) is 0 Å². The van der Waals surface area contributed by atoms with Gasteiger partial charge in [-0.25, -0.2) is 0 Å². The Balaban J connectivity index is 0. The van der Waals surface area contributed by atoms with Crippen LogP contribution >= 0.6 is 14.5 Å². The Hall–Kier alpha value is -1.07. The fraction of sp³-hybridized carbons (Fsp3) is 0.867. The predicted molar refractivity (Wildman–Crippen MR) is 309 cm³/mol. The van der Waals surface area contributed by atoms with Crippen LogP contribution in [0.3, 0.4) is 0 Å². The summed E-state index contributed by atoms with van der Waals surface area (Å²) in [6.07, 6.45) is 65.9. The molecule has 0 atom stereocenters. The maximum atomic E-state index is 10.8. The van der Waals surface area contributed by atoms with Gasteiger partial charge in [-0.15, -0.1) is 0 Å². The summed E-state index contributed by atoms with van der Waals surface area (Å²) in [5, 5.41) is 20.9. The minimum absolute atomic E-state index is 0.482. The van der Waals surface area contributed by atoms with Crippen LogP contribution in [0.1, 0.15) is 307 Å². The number of carboxylic acid groups (broad SMARTS) is 2. The molecule has 0 fully saturated rings. The molecule has 0 aliphatic rings. The second kappa shape index (κ2) is 48.8. The first-order valence-electron chi connectivity index (χ1n) is 30.0. The average molecular weight is 1040 g/mol. The molecule has 70 heavy (non-hydrogen) atoms. The number of aromatic carboxylic acids is 2. The van der Waals surface area contributed by atoms with Crippen molar-refractivity contribution in [1.82, 2.24) is 0 Å². The number of hydrogen-bond acceptors (Lipinski definition) is 6. The molecule has 0 heterocycles. The van der Waals surface area contributed by atoms with Gasteiger partial charge < -0.3 is 19.8 Å². The molecule has 0 unspecified atom stereocenters. The summed E-state index contributed by atoms with van der Waals surface area (Å²) in [4.78, 5) is 19.9. The SMILES string of the molecule is CCCCCCCCCCCCCC[P+](CCCC)(CCCC)CCCC.CCCCCCCCCCCCCC[P+](CCCC)(CCCC)CCCC.O=C([O-])c1ccc(C(=O)[O-])c(S(=O)(=O)O)c1. The van der Waals surface area contributed by atoms with Crippen LogP contribution in [0.4, 0.5) is 0 Å². The molecular weight excluding hydrogens is 927 g/mol. The first-order valence-corrected chi connectivity index (χ1v) is 36.5.